The Balaban J connectivity index is 2.00. The van der Waals surface area contributed by atoms with Crippen LogP contribution in [0.5, 0.6) is 0 Å². The Labute approximate surface area is 107 Å². The summed E-state index contributed by atoms with van der Waals surface area (Å²) >= 11 is 3.03. The fourth-order valence-electron chi connectivity index (χ4n) is 1.75. The van der Waals surface area contributed by atoms with E-state index in [9.17, 15) is 8.78 Å². The molecule has 17 heavy (non-hydrogen) atoms. The number of hydrogen-bond donors (Lipinski definition) is 0. The molecule has 0 aromatic heterocycles. The van der Waals surface area contributed by atoms with E-state index in [1.807, 2.05) is 0 Å². The minimum Gasteiger partial charge on any atom is -0.381 e. The van der Waals surface area contributed by atoms with Crippen molar-refractivity contribution < 1.29 is 18.3 Å². The molecular formula is C12H13BrF2O2. The molecule has 1 aromatic rings. The second kappa shape index (κ2) is 5.89. The molecule has 0 unspecified atom stereocenters. The van der Waals surface area contributed by atoms with Crippen LogP contribution in [0.3, 0.4) is 0 Å². The number of hydrogen-bond acceptors (Lipinski definition) is 2. The molecule has 2 nitrogen and oxygen atoms in total. The monoisotopic (exact) mass is 306 g/mol. The molecule has 1 aromatic carbocycles. The topological polar surface area (TPSA) is 18.5 Å². The lowest BCUT2D eigenvalue weighted by Crippen LogP contribution is -2.23. The van der Waals surface area contributed by atoms with Gasteiger partial charge < -0.3 is 9.47 Å². The predicted octanol–water partition coefficient (Wildman–Crippen LogP) is 3.42. The smallest absolute Gasteiger partial charge is 0.145 e. The third kappa shape index (κ3) is 3.24. The van der Waals surface area contributed by atoms with Gasteiger partial charge in [0.2, 0.25) is 0 Å². The molecule has 1 heterocycles. The fourth-order valence-corrected chi connectivity index (χ4v) is 2.12. The lowest BCUT2D eigenvalue weighted by atomic mass is 10.1. The van der Waals surface area contributed by atoms with Crippen LogP contribution < -0.4 is 0 Å². The van der Waals surface area contributed by atoms with Crippen LogP contribution in [0.15, 0.2) is 16.6 Å². The van der Waals surface area contributed by atoms with Gasteiger partial charge in [-0.2, -0.15) is 0 Å². The van der Waals surface area contributed by atoms with Gasteiger partial charge in [0.1, 0.15) is 11.6 Å². The third-order valence-electron chi connectivity index (χ3n) is 2.77. The van der Waals surface area contributed by atoms with Crippen LogP contribution >= 0.6 is 15.9 Å². The minimum absolute atomic E-state index is 0.0223. The van der Waals surface area contributed by atoms with E-state index in [0.29, 0.717) is 13.2 Å². The molecule has 0 bridgehead atoms. The SMILES string of the molecule is Fc1ccc(Br)c(F)c1COC1CCOCC1. The van der Waals surface area contributed by atoms with Crippen molar-refractivity contribution in [2.75, 3.05) is 13.2 Å². The Bertz CT molecular complexity index is 392. The highest BCUT2D eigenvalue weighted by atomic mass is 79.9. The zero-order chi connectivity index (χ0) is 12.3. The quantitative estimate of drug-likeness (QED) is 0.797. The van der Waals surface area contributed by atoms with E-state index in [1.165, 1.54) is 12.1 Å². The average Bonchev–Trinajstić information content (AvgIpc) is 2.35. The maximum atomic E-state index is 13.6. The van der Waals surface area contributed by atoms with E-state index < -0.39 is 11.6 Å². The predicted molar refractivity (Wildman–Crippen MR) is 62.7 cm³/mol. The fraction of sp³-hybridized carbons (Fsp3) is 0.500. The van der Waals surface area contributed by atoms with Crippen molar-refractivity contribution in [3.63, 3.8) is 0 Å². The second-order valence-electron chi connectivity index (χ2n) is 3.94. The van der Waals surface area contributed by atoms with E-state index in [1.54, 1.807) is 0 Å². The molecule has 0 spiro atoms. The summed E-state index contributed by atoms with van der Waals surface area (Å²) in [6.07, 6.45) is 1.58. The second-order valence-corrected chi connectivity index (χ2v) is 4.80. The number of ether oxygens (including phenoxy) is 2. The van der Waals surface area contributed by atoms with Gasteiger partial charge in [0.25, 0.3) is 0 Å². The lowest BCUT2D eigenvalue weighted by molar-refractivity contribution is -0.0404. The maximum Gasteiger partial charge on any atom is 0.145 e. The Kier molecular flexibility index (Phi) is 4.48. The lowest BCUT2D eigenvalue weighted by Gasteiger charge is -2.22. The number of halogens is 3. The molecule has 1 aliphatic rings. The van der Waals surface area contributed by atoms with Crippen molar-refractivity contribution >= 4 is 15.9 Å². The molecule has 0 saturated carbocycles. The van der Waals surface area contributed by atoms with Crippen LogP contribution in [0.2, 0.25) is 0 Å². The Morgan fingerprint density at radius 1 is 1.29 bits per heavy atom. The number of rotatable bonds is 3. The number of benzene rings is 1. The van der Waals surface area contributed by atoms with Gasteiger partial charge in [0, 0.05) is 13.2 Å². The molecule has 1 saturated heterocycles. The van der Waals surface area contributed by atoms with Gasteiger partial charge in [-0.1, -0.05) is 0 Å². The van der Waals surface area contributed by atoms with Gasteiger partial charge in [-0.15, -0.1) is 0 Å². The first kappa shape index (κ1) is 12.9. The molecule has 0 aliphatic carbocycles. The van der Waals surface area contributed by atoms with Gasteiger partial charge in [0.05, 0.1) is 22.7 Å². The van der Waals surface area contributed by atoms with Crippen molar-refractivity contribution in [3.8, 4) is 0 Å². The van der Waals surface area contributed by atoms with Gasteiger partial charge in [0.15, 0.2) is 0 Å². The first-order valence-corrected chi connectivity index (χ1v) is 6.29. The van der Waals surface area contributed by atoms with Gasteiger partial charge in [-0.25, -0.2) is 8.78 Å². The van der Waals surface area contributed by atoms with Crippen molar-refractivity contribution in [1.29, 1.82) is 0 Å². The molecule has 1 fully saturated rings. The summed E-state index contributed by atoms with van der Waals surface area (Å²) in [6.45, 7) is 1.25. The summed E-state index contributed by atoms with van der Waals surface area (Å²) in [5.74, 6) is -1.16. The van der Waals surface area contributed by atoms with Crippen molar-refractivity contribution in [3.05, 3.63) is 33.8 Å². The van der Waals surface area contributed by atoms with Crippen molar-refractivity contribution in [1.82, 2.24) is 0 Å². The van der Waals surface area contributed by atoms with E-state index in [0.717, 1.165) is 12.8 Å². The summed E-state index contributed by atoms with van der Waals surface area (Å²) in [6, 6.07) is 2.58. The van der Waals surface area contributed by atoms with Crippen molar-refractivity contribution in [2.45, 2.75) is 25.6 Å². The Morgan fingerprint density at radius 3 is 2.71 bits per heavy atom. The zero-order valence-corrected chi connectivity index (χ0v) is 10.8. The highest BCUT2D eigenvalue weighted by Crippen LogP contribution is 2.23. The van der Waals surface area contributed by atoms with E-state index in [4.69, 9.17) is 9.47 Å². The summed E-state index contributed by atoms with van der Waals surface area (Å²) in [7, 11) is 0. The van der Waals surface area contributed by atoms with Crippen LogP contribution in [0.25, 0.3) is 0 Å². The molecule has 1 aliphatic heterocycles. The Morgan fingerprint density at radius 2 is 2.00 bits per heavy atom. The largest absolute Gasteiger partial charge is 0.381 e. The van der Waals surface area contributed by atoms with Crippen molar-refractivity contribution in [2.24, 2.45) is 0 Å². The normalized spacial score (nSPS) is 17.4. The van der Waals surface area contributed by atoms with Crippen LogP contribution in [-0.4, -0.2) is 19.3 Å². The molecule has 0 amide bonds. The van der Waals surface area contributed by atoms with E-state index in [-0.39, 0.29) is 22.7 Å². The van der Waals surface area contributed by atoms with E-state index in [2.05, 4.69) is 15.9 Å². The molecule has 0 atom stereocenters. The molecule has 0 N–H and O–H groups in total. The summed E-state index contributed by atoms with van der Waals surface area (Å²) < 4.78 is 38.0. The molecule has 0 radical (unpaired) electrons. The zero-order valence-electron chi connectivity index (χ0n) is 9.22. The summed E-state index contributed by atoms with van der Waals surface area (Å²) in [4.78, 5) is 0. The van der Waals surface area contributed by atoms with Gasteiger partial charge >= 0.3 is 0 Å². The minimum atomic E-state index is -0.586. The molecule has 2 rings (SSSR count). The van der Waals surface area contributed by atoms with Crippen LogP contribution in [-0.2, 0) is 16.1 Å². The summed E-state index contributed by atoms with van der Waals surface area (Å²) in [5.41, 5.74) is -0.0223. The van der Waals surface area contributed by atoms with Crippen LogP contribution in [0, 0.1) is 11.6 Å². The highest BCUT2D eigenvalue weighted by molar-refractivity contribution is 9.10. The van der Waals surface area contributed by atoms with E-state index >= 15 is 0 Å². The Hall–Kier alpha value is -0.520. The average molecular weight is 307 g/mol. The molecular weight excluding hydrogens is 294 g/mol. The first-order chi connectivity index (χ1) is 8.18. The summed E-state index contributed by atoms with van der Waals surface area (Å²) in [5, 5.41) is 0. The van der Waals surface area contributed by atoms with Gasteiger partial charge in [-0.3, -0.25) is 0 Å². The van der Waals surface area contributed by atoms with Gasteiger partial charge in [-0.05, 0) is 40.9 Å². The van der Waals surface area contributed by atoms with Crippen LogP contribution in [0.4, 0.5) is 8.78 Å². The first-order valence-electron chi connectivity index (χ1n) is 5.50. The highest BCUT2D eigenvalue weighted by Gasteiger charge is 2.17. The molecule has 5 heteroatoms. The van der Waals surface area contributed by atoms with Crippen LogP contribution in [0.1, 0.15) is 18.4 Å². The maximum absolute atomic E-state index is 13.6. The molecule has 94 valence electrons. The standard InChI is InChI=1S/C12H13BrF2O2/c13-10-1-2-11(14)9(12(10)15)7-17-8-3-5-16-6-4-8/h1-2,8H,3-7H2. The third-order valence-corrected chi connectivity index (χ3v) is 3.38.